The minimum Gasteiger partial charge on any atom is -0.375 e. The molecule has 1 aliphatic heterocycles. The molecule has 0 aromatic carbocycles. The van der Waals surface area contributed by atoms with Crippen LogP contribution >= 0.6 is 0 Å². The van der Waals surface area contributed by atoms with Crippen LogP contribution in [-0.2, 0) is 4.74 Å². The maximum Gasteiger partial charge on any atom is 0.317 e. The van der Waals surface area contributed by atoms with Gasteiger partial charge in [-0.1, -0.05) is 0 Å². The van der Waals surface area contributed by atoms with Gasteiger partial charge in [-0.15, -0.1) is 0 Å². The molecule has 0 saturated carbocycles. The number of nitrogens with one attached hydrogen (secondary N) is 1. The number of carbonyl (C=O) groups is 1. The second kappa shape index (κ2) is 4.46. The Labute approximate surface area is 79.2 Å². The Hall–Kier alpha value is -0.770. The summed E-state index contributed by atoms with van der Waals surface area (Å²) in [5.41, 5.74) is 0. The average molecular weight is 186 g/mol. The Kier molecular flexibility index (Phi) is 3.54. The van der Waals surface area contributed by atoms with E-state index in [1.165, 1.54) is 0 Å². The number of ether oxygens (including phenoxy) is 1. The van der Waals surface area contributed by atoms with Crippen molar-refractivity contribution >= 4 is 6.03 Å². The summed E-state index contributed by atoms with van der Waals surface area (Å²) in [6, 6.07) is 0.218. The third kappa shape index (κ3) is 3.22. The van der Waals surface area contributed by atoms with E-state index in [1.807, 2.05) is 20.8 Å². The molecule has 0 aromatic heterocycles. The lowest BCUT2D eigenvalue weighted by Gasteiger charge is -2.31. The van der Waals surface area contributed by atoms with Gasteiger partial charge in [-0.25, -0.2) is 4.79 Å². The topological polar surface area (TPSA) is 41.6 Å². The molecule has 1 atom stereocenters. The van der Waals surface area contributed by atoms with Crippen molar-refractivity contribution in [3.8, 4) is 0 Å². The molecule has 0 bridgehead atoms. The Morgan fingerprint density at radius 1 is 1.62 bits per heavy atom. The highest BCUT2D eigenvalue weighted by atomic mass is 16.5. The predicted octanol–water partition coefficient (Wildman–Crippen LogP) is 0.825. The van der Waals surface area contributed by atoms with Crippen molar-refractivity contribution in [3.05, 3.63) is 0 Å². The van der Waals surface area contributed by atoms with Crippen LogP contribution in [0.4, 0.5) is 4.79 Å². The van der Waals surface area contributed by atoms with E-state index in [0.29, 0.717) is 19.7 Å². The minimum atomic E-state index is 0.0187. The number of hydrogen-bond acceptors (Lipinski definition) is 2. The molecule has 1 fully saturated rings. The summed E-state index contributed by atoms with van der Waals surface area (Å²) in [6.07, 6.45) is 0.159. The molecule has 0 spiro atoms. The molecule has 1 heterocycles. The van der Waals surface area contributed by atoms with E-state index in [2.05, 4.69) is 5.32 Å². The number of hydrogen-bond donors (Lipinski definition) is 1. The van der Waals surface area contributed by atoms with Crippen LogP contribution in [-0.4, -0.2) is 42.8 Å². The molecular weight excluding hydrogens is 168 g/mol. The molecule has 2 amide bonds. The van der Waals surface area contributed by atoms with Gasteiger partial charge in [-0.05, 0) is 20.8 Å². The number of morpholine rings is 1. The SMILES string of the molecule is CC(C)NC(=O)N1CCO[C@@H](C)C1. The molecule has 1 saturated heterocycles. The van der Waals surface area contributed by atoms with Gasteiger partial charge in [-0.2, -0.15) is 0 Å². The van der Waals surface area contributed by atoms with Crippen LogP contribution in [0.3, 0.4) is 0 Å². The Bertz CT molecular complexity index is 182. The van der Waals surface area contributed by atoms with Gasteiger partial charge in [0.15, 0.2) is 0 Å². The molecule has 4 nitrogen and oxygen atoms in total. The zero-order chi connectivity index (χ0) is 9.84. The Morgan fingerprint density at radius 2 is 2.31 bits per heavy atom. The lowest BCUT2D eigenvalue weighted by atomic mass is 10.3. The van der Waals surface area contributed by atoms with E-state index in [1.54, 1.807) is 4.90 Å². The smallest absolute Gasteiger partial charge is 0.317 e. The van der Waals surface area contributed by atoms with Crippen molar-refractivity contribution in [2.45, 2.75) is 32.9 Å². The molecule has 1 N–H and O–H groups in total. The van der Waals surface area contributed by atoms with E-state index in [9.17, 15) is 4.79 Å². The quantitative estimate of drug-likeness (QED) is 0.659. The Morgan fingerprint density at radius 3 is 2.85 bits per heavy atom. The van der Waals surface area contributed by atoms with Crippen LogP contribution < -0.4 is 5.32 Å². The minimum absolute atomic E-state index is 0.0187. The van der Waals surface area contributed by atoms with Gasteiger partial charge < -0.3 is 15.0 Å². The van der Waals surface area contributed by atoms with Gasteiger partial charge in [0.05, 0.1) is 12.7 Å². The lowest BCUT2D eigenvalue weighted by Crippen LogP contribution is -2.50. The highest BCUT2D eigenvalue weighted by Gasteiger charge is 2.21. The molecule has 0 unspecified atom stereocenters. The maximum absolute atomic E-state index is 11.5. The third-order valence-electron chi connectivity index (χ3n) is 1.94. The molecule has 13 heavy (non-hydrogen) atoms. The second-order valence-corrected chi connectivity index (χ2v) is 3.73. The first-order chi connectivity index (χ1) is 6.09. The number of urea groups is 1. The van der Waals surface area contributed by atoms with E-state index in [-0.39, 0.29) is 18.2 Å². The summed E-state index contributed by atoms with van der Waals surface area (Å²) in [5.74, 6) is 0. The lowest BCUT2D eigenvalue weighted by molar-refractivity contribution is -0.00372. The number of carbonyl (C=O) groups excluding carboxylic acids is 1. The standard InChI is InChI=1S/C9H18N2O2/c1-7(2)10-9(12)11-4-5-13-8(3)6-11/h7-8H,4-6H2,1-3H3,(H,10,12)/t8-/m0/s1. The molecule has 1 aliphatic rings. The average Bonchev–Trinajstić information content (AvgIpc) is 2.03. The van der Waals surface area contributed by atoms with Gasteiger partial charge in [0.1, 0.15) is 0 Å². The van der Waals surface area contributed by atoms with Gasteiger partial charge in [0.25, 0.3) is 0 Å². The van der Waals surface area contributed by atoms with E-state index in [4.69, 9.17) is 4.74 Å². The van der Waals surface area contributed by atoms with Crippen molar-refractivity contribution in [2.24, 2.45) is 0 Å². The van der Waals surface area contributed by atoms with Gasteiger partial charge in [0.2, 0.25) is 0 Å². The van der Waals surface area contributed by atoms with Crippen molar-refractivity contribution < 1.29 is 9.53 Å². The first-order valence-corrected chi connectivity index (χ1v) is 4.76. The van der Waals surface area contributed by atoms with Crippen LogP contribution in [0.15, 0.2) is 0 Å². The van der Waals surface area contributed by atoms with E-state index < -0.39 is 0 Å². The summed E-state index contributed by atoms with van der Waals surface area (Å²) in [6.45, 7) is 7.94. The van der Waals surface area contributed by atoms with Crippen LogP contribution in [0.25, 0.3) is 0 Å². The zero-order valence-electron chi connectivity index (χ0n) is 8.54. The zero-order valence-corrected chi connectivity index (χ0v) is 8.54. The fraction of sp³-hybridized carbons (Fsp3) is 0.889. The summed E-state index contributed by atoms with van der Waals surface area (Å²) >= 11 is 0. The fourth-order valence-electron chi connectivity index (χ4n) is 1.34. The molecular formula is C9H18N2O2. The third-order valence-corrected chi connectivity index (χ3v) is 1.94. The predicted molar refractivity (Wildman–Crippen MR) is 50.7 cm³/mol. The van der Waals surface area contributed by atoms with E-state index in [0.717, 1.165) is 0 Å². The molecule has 1 rings (SSSR count). The molecule has 0 aromatic rings. The van der Waals surface area contributed by atoms with Crippen molar-refractivity contribution in [2.75, 3.05) is 19.7 Å². The van der Waals surface area contributed by atoms with Crippen LogP contribution in [0.2, 0.25) is 0 Å². The molecule has 4 heteroatoms. The second-order valence-electron chi connectivity index (χ2n) is 3.73. The summed E-state index contributed by atoms with van der Waals surface area (Å²) < 4.78 is 5.34. The first kappa shape index (κ1) is 10.3. The maximum atomic E-state index is 11.5. The van der Waals surface area contributed by atoms with Crippen LogP contribution in [0, 0.1) is 0 Å². The van der Waals surface area contributed by atoms with Gasteiger partial charge >= 0.3 is 6.03 Å². The first-order valence-electron chi connectivity index (χ1n) is 4.76. The number of rotatable bonds is 1. The monoisotopic (exact) mass is 186 g/mol. The van der Waals surface area contributed by atoms with Crippen molar-refractivity contribution in [1.82, 2.24) is 10.2 Å². The molecule has 0 radical (unpaired) electrons. The fourth-order valence-corrected chi connectivity index (χ4v) is 1.34. The van der Waals surface area contributed by atoms with Gasteiger partial charge in [0, 0.05) is 19.1 Å². The highest BCUT2D eigenvalue weighted by Crippen LogP contribution is 2.04. The number of nitrogens with zero attached hydrogens (tertiary/aromatic N) is 1. The van der Waals surface area contributed by atoms with Crippen LogP contribution in [0.1, 0.15) is 20.8 Å². The summed E-state index contributed by atoms with van der Waals surface area (Å²) in [7, 11) is 0. The normalized spacial score (nSPS) is 23.4. The van der Waals surface area contributed by atoms with Crippen molar-refractivity contribution in [3.63, 3.8) is 0 Å². The highest BCUT2D eigenvalue weighted by molar-refractivity contribution is 5.74. The summed E-state index contributed by atoms with van der Waals surface area (Å²) in [5, 5.41) is 2.86. The molecule has 76 valence electrons. The molecule has 0 aliphatic carbocycles. The van der Waals surface area contributed by atoms with Gasteiger partial charge in [-0.3, -0.25) is 0 Å². The summed E-state index contributed by atoms with van der Waals surface area (Å²) in [4.78, 5) is 13.3. The largest absolute Gasteiger partial charge is 0.375 e. The Balaban J connectivity index is 2.37. The van der Waals surface area contributed by atoms with Crippen LogP contribution in [0.5, 0.6) is 0 Å². The van der Waals surface area contributed by atoms with E-state index >= 15 is 0 Å². The number of amides is 2. The van der Waals surface area contributed by atoms with Crippen molar-refractivity contribution in [1.29, 1.82) is 0 Å².